The van der Waals surface area contributed by atoms with E-state index < -0.39 is 15.7 Å². The van der Waals surface area contributed by atoms with Crippen LogP contribution in [0.1, 0.15) is 23.0 Å². The maximum Gasteiger partial charge on any atom is 0.275 e. The number of methoxy groups -OCH3 is 1. The number of nitrogens with one attached hydrogen (secondary N) is 1. The van der Waals surface area contributed by atoms with E-state index in [4.69, 9.17) is 16.3 Å². The van der Waals surface area contributed by atoms with Crippen LogP contribution in [0.3, 0.4) is 0 Å². The Morgan fingerprint density at radius 2 is 2.00 bits per heavy atom. The molecule has 2 aromatic heterocycles. The lowest BCUT2D eigenvalue weighted by molar-refractivity contribution is 0.102. The maximum atomic E-state index is 12.7. The Labute approximate surface area is 178 Å². The van der Waals surface area contributed by atoms with Gasteiger partial charge in [-0.3, -0.25) is 4.79 Å². The van der Waals surface area contributed by atoms with Gasteiger partial charge in [-0.1, -0.05) is 17.7 Å². The standard InChI is InChI=1S/C20H19ClN4O4S/c1-29-15-7-5-13(6-8-15)17-11-19(23-20(26)16-3-2-4-18(21)22-16)25(24-17)14-9-10-30(27,28)12-14/h2-8,11,14H,9-10,12H2,1H3,(H,23,26)/t14-/m0/s1. The number of halogens is 1. The summed E-state index contributed by atoms with van der Waals surface area (Å²) in [5, 5.41) is 7.60. The molecule has 1 aliphatic heterocycles. The summed E-state index contributed by atoms with van der Waals surface area (Å²) in [6.07, 6.45) is 0.435. The van der Waals surface area contributed by atoms with Gasteiger partial charge >= 0.3 is 0 Å². The number of nitrogens with zero attached hydrogens (tertiary/aromatic N) is 3. The SMILES string of the molecule is COc1ccc(-c2cc(NC(=O)c3cccc(Cl)n3)n([C@H]3CCS(=O)(=O)C3)n2)cc1. The van der Waals surface area contributed by atoms with Crippen LogP contribution < -0.4 is 10.1 Å². The molecule has 0 bridgehead atoms. The van der Waals surface area contributed by atoms with E-state index in [9.17, 15) is 13.2 Å². The van der Waals surface area contributed by atoms with E-state index in [1.54, 1.807) is 36.1 Å². The normalized spacial score (nSPS) is 17.6. The predicted octanol–water partition coefficient (Wildman–Crippen LogP) is 3.22. The summed E-state index contributed by atoms with van der Waals surface area (Å²) in [6.45, 7) is 0. The number of aromatic nitrogens is 3. The Morgan fingerprint density at radius 1 is 1.23 bits per heavy atom. The lowest BCUT2D eigenvalue weighted by atomic mass is 10.1. The molecule has 0 saturated carbocycles. The molecule has 156 valence electrons. The summed E-state index contributed by atoms with van der Waals surface area (Å²) in [5.41, 5.74) is 1.57. The fourth-order valence-corrected chi connectivity index (χ4v) is 5.21. The molecule has 4 rings (SSSR count). The zero-order valence-electron chi connectivity index (χ0n) is 16.1. The highest BCUT2D eigenvalue weighted by atomic mass is 35.5. The number of ether oxygens (including phenoxy) is 1. The second kappa shape index (κ2) is 8.08. The summed E-state index contributed by atoms with van der Waals surface area (Å²) in [7, 11) is -1.55. The molecule has 3 heterocycles. The Morgan fingerprint density at radius 3 is 2.63 bits per heavy atom. The number of anilines is 1. The van der Waals surface area contributed by atoms with E-state index in [1.165, 1.54) is 0 Å². The number of carbonyl (C=O) groups is 1. The second-order valence-corrected chi connectivity index (χ2v) is 9.56. The van der Waals surface area contributed by atoms with Gasteiger partial charge in [0, 0.05) is 11.6 Å². The Hall–Kier alpha value is -2.91. The quantitative estimate of drug-likeness (QED) is 0.603. The van der Waals surface area contributed by atoms with Crippen molar-refractivity contribution < 1.29 is 17.9 Å². The molecule has 1 fully saturated rings. The molecule has 1 saturated heterocycles. The van der Waals surface area contributed by atoms with Crippen LogP contribution in [0, 0.1) is 0 Å². The minimum absolute atomic E-state index is 0.0188. The zero-order valence-corrected chi connectivity index (χ0v) is 17.7. The minimum Gasteiger partial charge on any atom is -0.497 e. The number of hydrogen-bond donors (Lipinski definition) is 1. The molecule has 3 aromatic rings. The third kappa shape index (κ3) is 4.31. The predicted molar refractivity (Wildman–Crippen MR) is 114 cm³/mol. The highest BCUT2D eigenvalue weighted by molar-refractivity contribution is 7.91. The fraction of sp³-hybridized carbons (Fsp3) is 0.250. The van der Waals surface area contributed by atoms with E-state index in [-0.39, 0.29) is 28.4 Å². The summed E-state index contributed by atoms with van der Waals surface area (Å²) < 4.78 is 30.7. The Kier molecular flexibility index (Phi) is 5.48. The van der Waals surface area contributed by atoms with Crippen LogP contribution in [0.2, 0.25) is 5.15 Å². The smallest absolute Gasteiger partial charge is 0.275 e. The monoisotopic (exact) mass is 446 g/mol. The van der Waals surface area contributed by atoms with Gasteiger partial charge in [-0.25, -0.2) is 18.1 Å². The first-order valence-electron chi connectivity index (χ1n) is 9.23. The van der Waals surface area contributed by atoms with Crippen LogP contribution in [0.5, 0.6) is 5.75 Å². The molecule has 0 radical (unpaired) electrons. The lowest BCUT2D eigenvalue weighted by Crippen LogP contribution is -2.20. The topological polar surface area (TPSA) is 103 Å². The van der Waals surface area contributed by atoms with Crippen molar-refractivity contribution in [3.05, 3.63) is 59.4 Å². The van der Waals surface area contributed by atoms with E-state index >= 15 is 0 Å². The van der Waals surface area contributed by atoms with E-state index in [2.05, 4.69) is 15.4 Å². The molecule has 8 nitrogen and oxygen atoms in total. The van der Waals surface area contributed by atoms with Crippen molar-refractivity contribution in [3.63, 3.8) is 0 Å². The summed E-state index contributed by atoms with van der Waals surface area (Å²) in [4.78, 5) is 16.7. The van der Waals surface area contributed by atoms with Gasteiger partial charge in [-0.05, 0) is 42.8 Å². The van der Waals surface area contributed by atoms with Crippen LogP contribution in [-0.2, 0) is 9.84 Å². The number of rotatable bonds is 5. The lowest BCUT2D eigenvalue weighted by Gasteiger charge is -2.13. The van der Waals surface area contributed by atoms with Gasteiger partial charge in [0.05, 0.1) is 30.4 Å². The number of benzene rings is 1. The van der Waals surface area contributed by atoms with Crippen LogP contribution in [0.15, 0.2) is 48.5 Å². The van der Waals surface area contributed by atoms with Gasteiger partial charge in [0.25, 0.3) is 5.91 Å². The Bertz CT molecular complexity index is 1190. The van der Waals surface area contributed by atoms with Crippen molar-refractivity contribution in [3.8, 4) is 17.0 Å². The molecular formula is C20H19ClN4O4S. The third-order valence-corrected chi connectivity index (χ3v) is 6.83. The van der Waals surface area contributed by atoms with Gasteiger partial charge in [-0.2, -0.15) is 5.10 Å². The van der Waals surface area contributed by atoms with E-state index in [0.29, 0.717) is 23.7 Å². The molecule has 1 aliphatic rings. The second-order valence-electron chi connectivity index (χ2n) is 6.94. The number of hydrogen-bond acceptors (Lipinski definition) is 6. The van der Waals surface area contributed by atoms with E-state index in [0.717, 1.165) is 5.56 Å². The number of amides is 1. The summed E-state index contributed by atoms with van der Waals surface area (Å²) in [5.74, 6) is 0.726. The summed E-state index contributed by atoms with van der Waals surface area (Å²) >= 11 is 5.88. The van der Waals surface area contributed by atoms with Crippen molar-refractivity contribution in [2.24, 2.45) is 0 Å². The zero-order chi connectivity index (χ0) is 21.3. The number of sulfone groups is 1. The molecule has 1 aromatic carbocycles. The van der Waals surface area contributed by atoms with Gasteiger partial charge in [0.15, 0.2) is 9.84 Å². The van der Waals surface area contributed by atoms with Gasteiger partial charge in [0.1, 0.15) is 22.4 Å². The van der Waals surface area contributed by atoms with Crippen molar-refractivity contribution >= 4 is 33.2 Å². The largest absolute Gasteiger partial charge is 0.497 e. The molecular weight excluding hydrogens is 428 g/mol. The first-order chi connectivity index (χ1) is 14.3. The van der Waals surface area contributed by atoms with Crippen molar-refractivity contribution in [1.29, 1.82) is 0 Å². The first-order valence-corrected chi connectivity index (χ1v) is 11.4. The molecule has 0 spiro atoms. The number of pyridine rings is 1. The molecule has 1 amide bonds. The van der Waals surface area contributed by atoms with Gasteiger partial charge in [-0.15, -0.1) is 0 Å². The average molecular weight is 447 g/mol. The van der Waals surface area contributed by atoms with Crippen LogP contribution in [-0.4, -0.2) is 47.7 Å². The summed E-state index contributed by atoms with van der Waals surface area (Å²) in [6, 6.07) is 13.4. The third-order valence-electron chi connectivity index (χ3n) is 4.87. The molecule has 1 atom stereocenters. The molecule has 1 N–H and O–H groups in total. The highest BCUT2D eigenvalue weighted by Crippen LogP contribution is 2.31. The average Bonchev–Trinajstić information content (AvgIpc) is 3.31. The van der Waals surface area contributed by atoms with Gasteiger partial charge < -0.3 is 10.1 Å². The van der Waals surface area contributed by atoms with Crippen molar-refractivity contribution in [2.75, 3.05) is 23.9 Å². The molecule has 0 aliphatic carbocycles. The molecule has 30 heavy (non-hydrogen) atoms. The van der Waals surface area contributed by atoms with Crippen LogP contribution in [0.4, 0.5) is 5.82 Å². The van der Waals surface area contributed by atoms with Gasteiger partial charge in [0.2, 0.25) is 0 Å². The Balaban J connectivity index is 1.69. The molecule has 10 heteroatoms. The maximum absolute atomic E-state index is 12.7. The van der Waals surface area contributed by atoms with Crippen LogP contribution in [0.25, 0.3) is 11.3 Å². The highest BCUT2D eigenvalue weighted by Gasteiger charge is 2.32. The van der Waals surface area contributed by atoms with E-state index in [1.807, 2.05) is 24.3 Å². The van der Waals surface area contributed by atoms with Crippen LogP contribution >= 0.6 is 11.6 Å². The first kappa shape index (κ1) is 20.4. The number of carbonyl (C=O) groups excluding carboxylic acids is 1. The van der Waals surface area contributed by atoms with Crippen molar-refractivity contribution in [2.45, 2.75) is 12.5 Å². The fourth-order valence-electron chi connectivity index (χ4n) is 3.35. The van der Waals surface area contributed by atoms with Crippen molar-refractivity contribution in [1.82, 2.24) is 14.8 Å². The minimum atomic E-state index is -3.13. The molecule has 0 unspecified atom stereocenters.